The van der Waals surface area contributed by atoms with Gasteiger partial charge in [-0.25, -0.2) is 0 Å². The third-order valence-electron chi connectivity index (χ3n) is 4.48. The summed E-state index contributed by atoms with van der Waals surface area (Å²) in [6.07, 6.45) is 0. The highest BCUT2D eigenvalue weighted by atomic mass is 32.1. The van der Waals surface area contributed by atoms with Crippen LogP contribution in [0.5, 0.6) is 0 Å². The van der Waals surface area contributed by atoms with Gasteiger partial charge in [0, 0.05) is 5.56 Å². The van der Waals surface area contributed by atoms with Gasteiger partial charge in [0.1, 0.15) is 0 Å². The molecule has 3 N–H and O–H groups in total. The number of rotatable bonds is 6. The van der Waals surface area contributed by atoms with E-state index in [1.54, 1.807) is 24.3 Å². The standard InChI is InChI=1S/C21H18N6O2S/c1-13-8-10-14(11-9-13)18(19(22)28)27-25-20(24-26-27)15-5-2-3-6-16(15)23-21(29)17-7-4-12-30-17/h2-12,18H,1H3,(H2,22,28)(H,23,29). The number of aryl methyl sites for hydroxylation is 1. The summed E-state index contributed by atoms with van der Waals surface area (Å²) in [5.74, 6) is -0.544. The minimum absolute atomic E-state index is 0.223. The molecule has 4 rings (SSSR count). The molecule has 1 unspecified atom stereocenters. The molecule has 0 aliphatic rings. The van der Waals surface area contributed by atoms with Crippen molar-refractivity contribution in [1.29, 1.82) is 0 Å². The molecule has 0 bridgehead atoms. The van der Waals surface area contributed by atoms with Gasteiger partial charge in [-0.05, 0) is 41.3 Å². The lowest BCUT2D eigenvalue weighted by atomic mass is 10.1. The van der Waals surface area contributed by atoms with E-state index in [-0.39, 0.29) is 11.7 Å². The molecule has 0 aliphatic heterocycles. The SMILES string of the molecule is Cc1ccc(C(C(N)=O)n2nnc(-c3ccccc3NC(=O)c3cccs3)n2)cc1. The summed E-state index contributed by atoms with van der Waals surface area (Å²) in [4.78, 5) is 26.3. The maximum absolute atomic E-state index is 12.5. The van der Waals surface area contributed by atoms with Gasteiger partial charge in [-0.3, -0.25) is 9.59 Å². The number of nitrogens with two attached hydrogens (primary N) is 1. The highest BCUT2D eigenvalue weighted by Crippen LogP contribution is 2.26. The van der Waals surface area contributed by atoms with Gasteiger partial charge in [-0.2, -0.15) is 0 Å². The van der Waals surface area contributed by atoms with E-state index in [0.717, 1.165) is 5.56 Å². The number of carbonyl (C=O) groups is 2. The Balaban J connectivity index is 1.66. The van der Waals surface area contributed by atoms with Crippen LogP contribution in [0.2, 0.25) is 0 Å². The number of aromatic nitrogens is 4. The summed E-state index contributed by atoms with van der Waals surface area (Å²) in [6.45, 7) is 1.95. The molecule has 8 nitrogen and oxygen atoms in total. The molecule has 30 heavy (non-hydrogen) atoms. The highest BCUT2D eigenvalue weighted by molar-refractivity contribution is 7.12. The van der Waals surface area contributed by atoms with Crippen LogP contribution in [-0.2, 0) is 4.79 Å². The van der Waals surface area contributed by atoms with Gasteiger partial charge in [0.05, 0.1) is 10.6 Å². The van der Waals surface area contributed by atoms with Crippen molar-refractivity contribution in [3.05, 3.63) is 82.0 Å². The minimum atomic E-state index is -0.889. The average molecular weight is 418 g/mol. The molecule has 2 aromatic carbocycles. The lowest BCUT2D eigenvalue weighted by molar-refractivity contribution is -0.120. The molecule has 4 aromatic rings. The molecule has 150 valence electrons. The van der Waals surface area contributed by atoms with Crippen molar-refractivity contribution in [2.75, 3.05) is 5.32 Å². The van der Waals surface area contributed by atoms with Crippen molar-refractivity contribution in [2.24, 2.45) is 5.73 Å². The minimum Gasteiger partial charge on any atom is -0.367 e. The Bertz CT molecular complexity index is 1180. The zero-order chi connectivity index (χ0) is 21.1. The summed E-state index contributed by atoms with van der Waals surface area (Å²) in [6, 6.07) is 17.2. The maximum Gasteiger partial charge on any atom is 0.265 e. The Morgan fingerprint density at radius 2 is 1.83 bits per heavy atom. The number of hydrogen-bond donors (Lipinski definition) is 2. The zero-order valence-corrected chi connectivity index (χ0v) is 16.8. The normalized spacial score (nSPS) is 11.8. The number of tetrazole rings is 1. The number of carbonyl (C=O) groups excluding carboxylic acids is 2. The predicted molar refractivity (Wildman–Crippen MR) is 114 cm³/mol. The van der Waals surface area contributed by atoms with Crippen molar-refractivity contribution in [3.8, 4) is 11.4 Å². The van der Waals surface area contributed by atoms with Crippen molar-refractivity contribution < 1.29 is 9.59 Å². The number of thiophene rings is 1. The Morgan fingerprint density at radius 3 is 2.53 bits per heavy atom. The van der Waals surface area contributed by atoms with Gasteiger partial charge in [0.2, 0.25) is 11.7 Å². The second-order valence-electron chi connectivity index (χ2n) is 6.63. The van der Waals surface area contributed by atoms with Crippen LogP contribution in [0.25, 0.3) is 11.4 Å². The molecule has 0 saturated heterocycles. The van der Waals surface area contributed by atoms with Gasteiger partial charge in [-0.15, -0.1) is 26.3 Å². The fourth-order valence-corrected chi connectivity index (χ4v) is 3.60. The van der Waals surface area contributed by atoms with Gasteiger partial charge in [0.25, 0.3) is 5.91 Å². The summed E-state index contributed by atoms with van der Waals surface area (Å²) < 4.78 is 0. The number of benzene rings is 2. The molecule has 2 aromatic heterocycles. The number of anilines is 1. The van der Waals surface area contributed by atoms with Crippen LogP contribution in [0, 0.1) is 6.92 Å². The van der Waals surface area contributed by atoms with E-state index in [2.05, 4.69) is 20.7 Å². The van der Waals surface area contributed by atoms with E-state index in [1.807, 2.05) is 48.7 Å². The largest absolute Gasteiger partial charge is 0.367 e. The monoisotopic (exact) mass is 418 g/mol. The Labute approximate surface area is 176 Å². The second kappa shape index (κ2) is 8.26. The van der Waals surface area contributed by atoms with Crippen LogP contribution in [-0.4, -0.2) is 32.0 Å². The fourth-order valence-electron chi connectivity index (χ4n) is 2.98. The van der Waals surface area contributed by atoms with Gasteiger partial charge < -0.3 is 11.1 Å². The van der Waals surface area contributed by atoms with Crippen LogP contribution in [0.4, 0.5) is 5.69 Å². The molecule has 0 radical (unpaired) electrons. The predicted octanol–water partition coefficient (Wildman–Crippen LogP) is 3.04. The third-order valence-corrected chi connectivity index (χ3v) is 5.35. The number of hydrogen-bond acceptors (Lipinski definition) is 6. The summed E-state index contributed by atoms with van der Waals surface area (Å²) >= 11 is 1.35. The fraction of sp³-hybridized carbons (Fsp3) is 0.0952. The van der Waals surface area contributed by atoms with Crippen LogP contribution >= 0.6 is 11.3 Å². The van der Waals surface area contributed by atoms with E-state index in [1.165, 1.54) is 16.1 Å². The van der Waals surface area contributed by atoms with Gasteiger partial charge >= 0.3 is 0 Å². The van der Waals surface area contributed by atoms with Gasteiger partial charge in [0.15, 0.2) is 6.04 Å². The topological polar surface area (TPSA) is 116 Å². The summed E-state index contributed by atoms with van der Waals surface area (Å²) in [5.41, 5.74) is 8.46. The average Bonchev–Trinajstić information content (AvgIpc) is 3.42. The molecule has 0 saturated carbocycles. The lowest BCUT2D eigenvalue weighted by Crippen LogP contribution is -2.29. The smallest absolute Gasteiger partial charge is 0.265 e. The first-order valence-electron chi connectivity index (χ1n) is 9.12. The van der Waals surface area contributed by atoms with Crippen molar-refractivity contribution in [1.82, 2.24) is 20.2 Å². The number of nitrogens with one attached hydrogen (secondary N) is 1. The number of nitrogens with zero attached hydrogens (tertiary/aromatic N) is 4. The number of primary amides is 1. The van der Waals surface area contributed by atoms with Crippen molar-refractivity contribution >= 4 is 28.8 Å². The van der Waals surface area contributed by atoms with E-state index in [9.17, 15) is 9.59 Å². The molecule has 2 heterocycles. The van der Waals surface area contributed by atoms with Crippen LogP contribution in [0.3, 0.4) is 0 Å². The summed E-state index contributed by atoms with van der Waals surface area (Å²) in [5, 5.41) is 17.2. The molecule has 2 amide bonds. The number of amides is 2. The molecule has 9 heteroatoms. The molecule has 0 aliphatic carbocycles. The van der Waals surface area contributed by atoms with Crippen LogP contribution in [0.1, 0.15) is 26.8 Å². The van der Waals surface area contributed by atoms with Gasteiger partial charge in [-0.1, -0.05) is 48.0 Å². The maximum atomic E-state index is 12.5. The molecular formula is C21H18N6O2S. The highest BCUT2D eigenvalue weighted by Gasteiger charge is 2.24. The van der Waals surface area contributed by atoms with Crippen LogP contribution < -0.4 is 11.1 Å². The third kappa shape index (κ3) is 3.96. The zero-order valence-electron chi connectivity index (χ0n) is 16.0. The first-order valence-corrected chi connectivity index (χ1v) is 10.0. The first-order chi connectivity index (χ1) is 14.5. The Hall–Kier alpha value is -3.85. The molecule has 1 atom stereocenters. The van der Waals surface area contributed by atoms with Crippen molar-refractivity contribution in [3.63, 3.8) is 0 Å². The molecule has 0 fully saturated rings. The Morgan fingerprint density at radius 1 is 1.07 bits per heavy atom. The van der Waals surface area contributed by atoms with E-state index < -0.39 is 11.9 Å². The number of para-hydroxylation sites is 1. The van der Waals surface area contributed by atoms with Crippen molar-refractivity contribution in [2.45, 2.75) is 13.0 Å². The van der Waals surface area contributed by atoms with Crippen LogP contribution in [0.15, 0.2) is 66.0 Å². The molecular weight excluding hydrogens is 400 g/mol. The molecule has 0 spiro atoms. The lowest BCUT2D eigenvalue weighted by Gasteiger charge is -2.12. The quantitative estimate of drug-likeness (QED) is 0.499. The van der Waals surface area contributed by atoms with E-state index >= 15 is 0 Å². The Kier molecular flexibility index (Phi) is 5.36. The first kappa shape index (κ1) is 19.5. The second-order valence-corrected chi connectivity index (χ2v) is 7.57. The summed E-state index contributed by atoms with van der Waals surface area (Å²) in [7, 11) is 0. The van der Waals surface area contributed by atoms with E-state index in [4.69, 9.17) is 5.73 Å². The van der Waals surface area contributed by atoms with E-state index in [0.29, 0.717) is 21.7 Å².